The quantitative estimate of drug-likeness (QED) is 0.0347. The molecule has 11 heteroatoms. The molecule has 0 rings (SSSR count). The number of carboxylic acids is 4. The van der Waals surface area contributed by atoms with E-state index in [0.29, 0.717) is 25.7 Å². The van der Waals surface area contributed by atoms with Gasteiger partial charge in [0, 0.05) is 45.2 Å². The summed E-state index contributed by atoms with van der Waals surface area (Å²) in [6.07, 6.45) is 80.8. The molecule has 0 aromatic heterocycles. The average molecular weight is 1270 g/mol. The van der Waals surface area contributed by atoms with Gasteiger partial charge in [0.25, 0.3) is 0 Å². The Balaban J connectivity index is -0.000000183. The number of carboxylic acid groups (broad SMARTS) is 4. The van der Waals surface area contributed by atoms with Crippen LogP contribution in [0.1, 0.15) is 439 Å². The Hall–Kier alpha value is 0.529. The third kappa shape index (κ3) is 114. The molecule has 8 nitrogen and oxygen atoms in total. The molecule has 0 heterocycles. The van der Waals surface area contributed by atoms with Crippen LogP contribution in [-0.4, -0.2) is 105 Å². The molecule has 0 spiro atoms. The van der Waals surface area contributed by atoms with Crippen LogP contribution in [0.15, 0.2) is 0 Å². The molecular weight excluding hydrogens is 1120 g/mol. The van der Waals surface area contributed by atoms with E-state index in [1.807, 2.05) is 0 Å². The molecule has 0 saturated heterocycles. The SMILES string of the molecule is CCCCCCCCCCCCCCCCCC(=O)O.CCCCCCCCCCCCCCCCCC(=O)O.CCCCCCCCCCCCCCCCCC(=O)O.CCCCCCCCCCCCCCCCCC(=O)O.[CaH2].[MgH2].[Zn]. The second kappa shape index (κ2) is 93.7. The Morgan fingerprint density at radius 1 is 0.181 bits per heavy atom. The van der Waals surface area contributed by atoms with Gasteiger partial charge < -0.3 is 20.4 Å². The normalized spacial score (nSPS) is 10.5. The van der Waals surface area contributed by atoms with Crippen LogP contribution < -0.4 is 0 Å². The van der Waals surface area contributed by atoms with Crippen LogP contribution in [-0.2, 0) is 38.7 Å². The molecule has 0 saturated carbocycles. The molecule has 0 radical (unpaired) electrons. The summed E-state index contributed by atoms with van der Waals surface area (Å²) in [5.74, 6) is -2.61. The first-order valence-electron chi connectivity index (χ1n) is 36.0. The van der Waals surface area contributed by atoms with Crippen LogP contribution >= 0.6 is 0 Å². The van der Waals surface area contributed by atoms with Crippen molar-refractivity contribution in [3.63, 3.8) is 0 Å². The van der Waals surface area contributed by atoms with E-state index in [1.165, 1.54) is 334 Å². The molecule has 0 unspecified atom stereocenters. The summed E-state index contributed by atoms with van der Waals surface area (Å²) in [5, 5.41) is 34.1. The summed E-state index contributed by atoms with van der Waals surface area (Å²) >= 11 is 0. The first kappa shape index (κ1) is 97.1. The predicted molar refractivity (Wildman–Crippen MR) is 366 cm³/mol. The van der Waals surface area contributed by atoms with Crippen molar-refractivity contribution in [3.8, 4) is 0 Å². The zero-order valence-electron chi connectivity index (χ0n) is 55.4. The van der Waals surface area contributed by atoms with Crippen molar-refractivity contribution in [3.05, 3.63) is 0 Å². The number of aliphatic carboxylic acids is 4. The molecule has 0 bridgehead atoms. The molecule has 0 aromatic carbocycles. The van der Waals surface area contributed by atoms with Crippen LogP contribution in [0.5, 0.6) is 0 Å². The zero-order valence-corrected chi connectivity index (χ0v) is 58.4. The third-order valence-corrected chi connectivity index (χ3v) is 16.0. The summed E-state index contributed by atoms with van der Waals surface area (Å²) < 4.78 is 0. The standard InChI is InChI=1S/4C18H36O2.Ca.Mg.Zn.4H/c4*1-2-3-4-5-6-7-8-9-10-11-12-13-14-15-16-17-18(19)20;;;;;;;/h4*2-17H2,1H3,(H,19,20);;;;;;;. The Bertz CT molecular complexity index is 1010. The van der Waals surface area contributed by atoms with Crippen LogP contribution in [0.3, 0.4) is 0 Å². The molecule has 0 aliphatic heterocycles. The van der Waals surface area contributed by atoms with Gasteiger partial charge in [-0.25, -0.2) is 0 Å². The summed E-state index contributed by atoms with van der Waals surface area (Å²) in [7, 11) is 0. The van der Waals surface area contributed by atoms with Crippen molar-refractivity contribution >= 4 is 84.7 Å². The molecule has 0 amide bonds. The van der Waals surface area contributed by atoms with Crippen molar-refractivity contribution in [2.24, 2.45) is 0 Å². The van der Waals surface area contributed by atoms with Crippen molar-refractivity contribution < 1.29 is 59.1 Å². The fraction of sp³-hybridized carbons (Fsp3) is 0.944. The topological polar surface area (TPSA) is 149 Å². The van der Waals surface area contributed by atoms with Crippen molar-refractivity contribution in [1.29, 1.82) is 0 Å². The van der Waals surface area contributed by atoms with Crippen molar-refractivity contribution in [2.45, 2.75) is 439 Å². The minimum Gasteiger partial charge on any atom is 0 e. The maximum Gasteiger partial charge on any atom is 0.316 e. The molecule has 4 N–H and O–H groups in total. The number of carbonyl (C=O) groups is 4. The van der Waals surface area contributed by atoms with E-state index in [1.54, 1.807) is 0 Å². The van der Waals surface area contributed by atoms with Gasteiger partial charge in [-0.2, -0.15) is 0 Å². The Kier molecular flexibility index (Phi) is 110. The van der Waals surface area contributed by atoms with Gasteiger partial charge >= 0.3 is 84.7 Å². The summed E-state index contributed by atoms with van der Waals surface area (Å²) in [6.45, 7) is 9.08. The van der Waals surface area contributed by atoms with Crippen molar-refractivity contribution in [1.82, 2.24) is 0 Å². The van der Waals surface area contributed by atoms with E-state index in [2.05, 4.69) is 27.7 Å². The average Bonchev–Trinajstić information content (AvgIpc) is 3.43. The summed E-state index contributed by atoms with van der Waals surface area (Å²) in [6, 6.07) is 0. The number of rotatable bonds is 64. The Labute approximate surface area is 577 Å². The summed E-state index contributed by atoms with van der Waals surface area (Å²) in [4.78, 5) is 41.3. The van der Waals surface area contributed by atoms with E-state index < -0.39 is 23.9 Å². The molecule has 0 atom stereocenters. The number of hydrogen-bond acceptors (Lipinski definition) is 4. The van der Waals surface area contributed by atoms with Crippen LogP contribution in [0.4, 0.5) is 0 Å². The van der Waals surface area contributed by atoms with Gasteiger partial charge in [-0.05, 0) is 25.7 Å². The van der Waals surface area contributed by atoms with Crippen LogP contribution in [0, 0.1) is 0 Å². The van der Waals surface area contributed by atoms with Gasteiger partial charge in [-0.3, -0.25) is 19.2 Å². The molecular formula is C72H148CaMgO8Zn. The van der Waals surface area contributed by atoms with E-state index in [9.17, 15) is 19.2 Å². The van der Waals surface area contributed by atoms with Gasteiger partial charge in [0.2, 0.25) is 0 Å². The molecule has 0 fully saturated rings. The van der Waals surface area contributed by atoms with Crippen LogP contribution in [0.25, 0.3) is 0 Å². The fourth-order valence-electron chi connectivity index (χ4n) is 10.6. The summed E-state index contributed by atoms with van der Waals surface area (Å²) in [5.41, 5.74) is 0. The second-order valence-corrected chi connectivity index (χ2v) is 24.4. The predicted octanol–water partition coefficient (Wildman–Crippen LogP) is 23.5. The third-order valence-electron chi connectivity index (χ3n) is 16.0. The molecule has 0 aromatic rings. The van der Waals surface area contributed by atoms with E-state index in [-0.39, 0.29) is 80.3 Å². The van der Waals surface area contributed by atoms with Crippen molar-refractivity contribution in [2.75, 3.05) is 0 Å². The largest absolute Gasteiger partial charge is 0.316 e. The molecule has 0 aliphatic carbocycles. The fourth-order valence-corrected chi connectivity index (χ4v) is 10.6. The maximum atomic E-state index is 10.3. The smallest absolute Gasteiger partial charge is 0 e. The van der Waals surface area contributed by atoms with Gasteiger partial charge in [-0.1, -0.05) is 387 Å². The van der Waals surface area contributed by atoms with E-state index in [0.717, 1.165) is 51.4 Å². The first-order valence-corrected chi connectivity index (χ1v) is 36.0. The minimum atomic E-state index is -0.653. The second-order valence-electron chi connectivity index (χ2n) is 24.4. The van der Waals surface area contributed by atoms with Gasteiger partial charge in [0.05, 0.1) is 0 Å². The number of unbranched alkanes of at least 4 members (excludes halogenated alkanes) is 56. The zero-order chi connectivity index (χ0) is 59.6. The van der Waals surface area contributed by atoms with Crippen LogP contribution in [0.2, 0.25) is 0 Å². The van der Waals surface area contributed by atoms with E-state index in [4.69, 9.17) is 20.4 Å². The molecule has 490 valence electrons. The van der Waals surface area contributed by atoms with Gasteiger partial charge in [0.1, 0.15) is 0 Å². The Morgan fingerprint density at radius 3 is 0.325 bits per heavy atom. The number of hydrogen-bond donors (Lipinski definition) is 4. The monoisotopic (exact) mass is 1270 g/mol. The van der Waals surface area contributed by atoms with Gasteiger partial charge in [-0.15, -0.1) is 0 Å². The van der Waals surface area contributed by atoms with Gasteiger partial charge in [0.15, 0.2) is 0 Å². The minimum absolute atomic E-state index is 0. The molecule has 0 aliphatic rings. The Morgan fingerprint density at radius 2 is 0.253 bits per heavy atom. The van der Waals surface area contributed by atoms with E-state index >= 15 is 0 Å². The first-order chi connectivity index (χ1) is 39.1. The maximum absolute atomic E-state index is 10.3. The molecule has 83 heavy (non-hydrogen) atoms.